The molecule has 1 rings (SSSR count). The zero-order valence-electron chi connectivity index (χ0n) is 19.4. The molecule has 178 valence electrons. The molecule has 1 atom stereocenters. The molecule has 0 aromatic carbocycles. The first-order chi connectivity index (χ1) is 14.4. The van der Waals surface area contributed by atoms with Crippen LogP contribution in [0.25, 0.3) is 0 Å². The number of unbranched alkanes of at least 4 members (excludes halogenated alkanes) is 1. The van der Waals surface area contributed by atoms with Gasteiger partial charge in [0.05, 0.1) is 19.8 Å². The number of ether oxygens (including phenoxy) is 3. The van der Waals surface area contributed by atoms with Crippen LogP contribution in [0.3, 0.4) is 0 Å². The van der Waals surface area contributed by atoms with Crippen molar-refractivity contribution in [3.05, 3.63) is 12.2 Å². The number of epoxide rings is 1. The Morgan fingerprint density at radius 2 is 1.63 bits per heavy atom. The molecule has 0 spiro atoms. The molecule has 0 aromatic rings. The van der Waals surface area contributed by atoms with Crippen molar-refractivity contribution in [2.75, 3.05) is 62.0 Å². The summed E-state index contributed by atoms with van der Waals surface area (Å²) in [5.41, 5.74) is 0.397. The van der Waals surface area contributed by atoms with Crippen LogP contribution in [0.1, 0.15) is 26.2 Å². The van der Waals surface area contributed by atoms with Gasteiger partial charge in [-0.3, -0.25) is 0 Å². The van der Waals surface area contributed by atoms with Gasteiger partial charge in [-0.15, -0.1) is 0 Å². The van der Waals surface area contributed by atoms with Crippen LogP contribution in [0.5, 0.6) is 0 Å². The summed E-state index contributed by atoms with van der Waals surface area (Å²) in [6.07, 6.45) is 3.24. The lowest BCUT2D eigenvalue weighted by molar-refractivity contribution is -0.139. The molecule has 0 amide bonds. The van der Waals surface area contributed by atoms with Gasteiger partial charge in [0, 0.05) is 53.8 Å². The Morgan fingerprint density at radius 1 is 1.03 bits per heavy atom. The van der Waals surface area contributed by atoms with Crippen LogP contribution in [-0.4, -0.2) is 92.1 Å². The molecule has 9 nitrogen and oxygen atoms in total. The average Bonchev–Trinajstić information content (AvgIpc) is 3.58. The smallest absolute Gasteiger partial charge is 0.462 e. The van der Waals surface area contributed by atoms with Crippen LogP contribution in [-0.2, 0) is 41.1 Å². The third-order valence-corrected chi connectivity index (χ3v) is 9.12. The van der Waals surface area contributed by atoms with E-state index < -0.39 is 18.1 Å². The molecule has 1 aliphatic rings. The Bertz CT molecular complexity index is 445. The van der Waals surface area contributed by atoms with Gasteiger partial charge in [-0.2, -0.15) is 0 Å². The first-order valence-electron chi connectivity index (χ1n) is 10.1. The molecule has 11 heteroatoms. The van der Waals surface area contributed by atoms with Gasteiger partial charge < -0.3 is 36.3 Å². The molecule has 0 bridgehead atoms. The van der Waals surface area contributed by atoms with Gasteiger partial charge >= 0.3 is 24.1 Å². The number of rotatable bonds is 17. The number of hydrogen-bond donors (Lipinski definition) is 0. The maximum absolute atomic E-state index is 11.1. The average molecular weight is 469 g/mol. The molecule has 0 N–H and O–H groups in total. The van der Waals surface area contributed by atoms with E-state index >= 15 is 0 Å². The molecular formula is C19H40O9Si2. The van der Waals surface area contributed by atoms with E-state index in [9.17, 15) is 4.79 Å². The predicted molar refractivity (Wildman–Crippen MR) is 118 cm³/mol. The van der Waals surface area contributed by atoms with E-state index in [4.69, 9.17) is 36.3 Å². The van der Waals surface area contributed by atoms with Gasteiger partial charge in [-0.25, -0.2) is 4.79 Å². The zero-order chi connectivity index (χ0) is 22.8. The van der Waals surface area contributed by atoms with Gasteiger partial charge in [0.1, 0.15) is 6.10 Å². The highest BCUT2D eigenvalue weighted by molar-refractivity contribution is 6.60. The monoisotopic (exact) mass is 468 g/mol. The van der Waals surface area contributed by atoms with E-state index in [1.54, 1.807) is 42.5 Å². The Balaban J connectivity index is 0.000000564. The summed E-state index contributed by atoms with van der Waals surface area (Å²) in [4.78, 5) is 11.1. The first-order valence-corrected chi connectivity index (χ1v) is 13.8. The van der Waals surface area contributed by atoms with Crippen LogP contribution < -0.4 is 0 Å². The third-order valence-electron chi connectivity index (χ3n) is 4.35. The van der Waals surface area contributed by atoms with E-state index in [2.05, 4.69) is 6.58 Å². The fraction of sp³-hybridized carbons (Fsp3) is 0.842. The molecule has 1 saturated heterocycles. The van der Waals surface area contributed by atoms with Crippen molar-refractivity contribution >= 4 is 24.1 Å². The van der Waals surface area contributed by atoms with Crippen LogP contribution in [0.15, 0.2) is 12.2 Å². The molecule has 1 unspecified atom stereocenters. The van der Waals surface area contributed by atoms with E-state index in [1.165, 1.54) is 0 Å². The molecule has 0 saturated carbocycles. The van der Waals surface area contributed by atoms with Crippen LogP contribution in [0, 0.1) is 0 Å². The summed E-state index contributed by atoms with van der Waals surface area (Å²) in [5, 5.41) is 0. The van der Waals surface area contributed by atoms with Crippen LogP contribution >= 0.6 is 0 Å². The third kappa shape index (κ3) is 14.4. The molecule has 1 fully saturated rings. The number of hydrogen-bond acceptors (Lipinski definition) is 9. The minimum atomic E-state index is -2.53. The Morgan fingerprint density at radius 3 is 2.10 bits per heavy atom. The van der Waals surface area contributed by atoms with E-state index in [1.807, 2.05) is 0 Å². The topological polar surface area (TPSA) is 94.2 Å². The second-order valence-corrected chi connectivity index (χ2v) is 12.2. The van der Waals surface area contributed by atoms with Gasteiger partial charge in [0.2, 0.25) is 0 Å². The fourth-order valence-electron chi connectivity index (χ4n) is 2.36. The maximum Gasteiger partial charge on any atom is 0.500 e. The number of carbonyl (C=O) groups is 1. The van der Waals surface area contributed by atoms with Crippen molar-refractivity contribution in [2.24, 2.45) is 0 Å². The summed E-state index contributed by atoms with van der Waals surface area (Å²) in [7, 11) is 4.25. The number of esters is 1. The predicted octanol–water partition coefficient (Wildman–Crippen LogP) is 2.07. The van der Waals surface area contributed by atoms with E-state index in [-0.39, 0.29) is 5.97 Å². The summed E-state index contributed by atoms with van der Waals surface area (Å²) in [5.74, 6) is -0.375. The Labute approximate surface area is 184 Å². The van der Waals surface area contributed by atoms with Crippen molar-refractivity contribution in [2.45, 2.75) is 44.4 Å². The molecule has 0 radical (unpaired) electrons. The molecule has 1 aliphatic heterocycles. The fourth-order valence-corrected chi connectivity index (χ4v) is 5.33. The van der Waals surface area contributed by atoms with Gasteiger partial charge in [0.25, 0.3) is 0 Å². The maximum atomic E-state index is 11.1. The zero-order valence-corrected chi connectivity index (χ0v) is 21.6. The largest absolute Gasteiger partial charge is 0.500 e. The van der Waals surface area contributed by atoms with Gasteiger partial charge in [0.15, 0.2) is 0 Å². The van der Waals surface area contributed by atoms with Crippen molar-refractivity contribution in [3.8, 4) is 0 Å². The second-order valence-electron chi connectivity index (χ2n) is 6.74. The minimum Gasteiger partial charge on any atom is -0.462 e. The van der Waals surface area contributed by atoms with Crippen molar-refractivity contribution in [1.82, 2.24) is 0 Å². The quantitative estimate of drug-likeness (QED) is 0.104. The summed E-state index contributed by atoms with van der Waals surface area (Å²) >= 11 is 0. The lowest BCUT2D eigenvalue weighted by Crippen LogP contribution is -2.42. The molecular weight excluding hydrogens is 428 g/mol. The van der Waals surface area contributed by atoms with E-state index in [0.717, 1.165) is 38.7 Å². The normalized spacial score (nSPS) is 15.5. The summed E-state index contributed by atoms with van der Waals surface area (Å²) in [6.45, 7) is 7.88. The van der Waals surface area contributed by atoms with Crippen LogP contribution in [0.2, 0.25) is 12.1 Å². The lowest BCUT2D eigenvalue weighted by atomic mass is 10.3. The standard InChI is InChI=1S/C10H20O5Si.C9H20O4Si/c1-9(2)10(11)15-7-6-8-16(12-3,13-4)14-5;1-10-14(11-2)6-4-3-5-12-7-9-8-13-9/h1,6-8H2,2-5H3;9,14H,3-8H2,1-2H3. The molecule has 30 heavy (non-hydrogen) atoms. The van der Waals surface area contributed by atoms with E-state index in [0.29, 0.717) is 30.7 Å². The first kappa shape index (κ1) is 29.4. The number of carbonyl (C=O) groups excluding carboxylic acids is 1. The highest BCUT2D eigenvalue weighted by atomic mass is 28.4. The summed E-state index contributed by atoms with van der Waals surface area (Å²) in [6, 6.07) is 1.68. The lowest BCUT2D eigenvalue weighted by Gasteiger charge is -2.24. The van der Waals surface area contributed by atoms with Gasteiger partial charge in [-0.1, -0.05) is 6.58 Å². The Kier molecular flexibility index (Phi) is 17.6. The van der Waals surface area contributed by atoms with Crippen molar-refractivity contribution in [3.63, 3.8) is 0 Å². The molecule has 0 aromatic heterocycles. The van der Waals surface area contributed by atoms with Crippen LogP contribution in [0.4, 0.5) is 0 Å². The highest BCUT2D eigenvalue weighted by Gasteiger charge is 2.37. The summed E-state index contributed by atoms with van der Waals surface area (Å²) < 4.78 is 41.5. The minimum absolute atomic E-state index is 0.316. The highest BCUT2D eigenvalue weighted by Crippen LogP contribution is 2.15. The second kappa shape index (κ2) is 18.0. The van der Waals surface area contributed by atoms with Crippen molar-refractivity contribution in [1.29, 1.82) is 0 Å². The Hall–Kier alpha value is -0.636. The molecule has 1 heterocycles. The molecule has 0 aliphatic carbocycles. The SMILES string of the molecule is C=C(C)C(=O)OCCC[Si](OC)(OC)OC.CO[SiH](CCCCOCC1CO1)OC. The van der Waals surface area contributed by atoms with Crippen molar-refractivity contribution < 1.29 is 41.1 Å². The van der Waals surface area contributed by atoms with Gasteiger partial charge in [-0.05, 0) is 32.2 Å².